The fourth-order valence-electron chi connectivity index (χ4n) is 2.01. The molecule has 0 aliphatic carbocycles. The van der Waals surface area contributed by atoms with Gasteiger partial charge in [-0.3, -0.25) is 9.59 Å². The molecule has 0 bridgehead atoms. The Morgan fingerprint density at radius 2 is 2.05 bits per heavy atom. The number of carbonyl (C=O) groups is 1. The number of nitriles is 1. The summed E-state index contributed by atoms with van der Waals surface area (Å²) >= 11 is 11.8. The van der Waals surface area contributed by atoms with Crippen molar-refractivity contribution in [3.05, 3.63) is 50.1 Å². The van der Waals surface area contributed by atoms with Crippen LogP contribution in [0.5, 0.6) is 0 Å². The van der Waals surface area contributed by atoms with Gasteiger partial charge in [0.15, 0.2) is 0 Å². The zero-order valence-electron chi connectivity index (χ0n) is 11.9. The second-order valence-electron chi connectivity index (χ2n) is 4.52. The SMILES string of the molecule is CCn1cc(NC(=O)c2cc(Cl)c(C#N)n2C)cc(Cl)c1=O. The molecule has 2 aromatic heterocycles. The predicted molar refractivity (Wildman–Crippen MR) is 84.5 cm³/mol. The van der Waals surface area contributed by atoms with Crippen molar-refractivity contribution < 1.29 is 4.79 Å². The van der Waals surface area contributed by atoms with Gasteiger partial charge >= 0.3 is 0 Å². The van der Waals surface area contributed by atoms with Gasteiger partial charge in [0.25, 0.3) is 11.5 Å². The Morgan fingerprint density at radius 3 is 2.59 bits per heavy atom. The number of hydrogen-bond acceptors (Lipinski definition) is 3. The lowest BCUT2D eigenvalue weighted by Crippen LogP contribution is -2.22. The average Bonchev–Trinajstić information content (AvgIpc) is 2.77. The van der Waals surface area contributed by atoms with Gasteiger partial charge in [-0.25, -0.2) is 0 Å². The van der Waals surface area contributed by atoms with E-state index < -0.39 is 5.91 Å². The number of nitrogens with one attached hydrogen (secondary N) is 1. The van der Waals surface area contributed by atoms with Crippen LogP contribution in [0.25, 0.3) is 0 Å². The Labute approximate surface area is 136 Å². The van der Waals surface area contributed by atoms with Crippen molar-refractivity contribution in [2.24, 2.45) is 7.05 Å². The first-order chi connectivity index (χ1) is 10.4. The molecule has 0 aliphatic heterocycles. The van der Waals surface area contributed by atoms with Crippen LogP contribution in [0, 0.1) is 11.3 Å². The summed E-state index contributed by atoms with van der Waals surface area (Å²) in [6.45, 7) is 2.22. The van der Waals surface area contributed by atoms with Gasteiger partial charge in [0, 0.05) is 19.8 Å². The molecule has 2 heterocycles. The van der Waals surface area contributed by atoms with Gasteiger partial charge in [-0.1, -0.05) is 23.2 Å². The molecular formula is C14H12Cl2N4O2. The largest absolute Gasteiger partial charge is 0.330 e. The second kappa shape index (κ2) is 6.26. The Kier molecular flexibility index (Phi) is 4.59. The van der Waals surface area contributed by atoms with Crippen molar-refractivity contribution >= 4 is 34.8 Å². The highest BCUT2D eigenvalue weighted by Crippen LogP contribution is 2.21. The Bertz CT molecular complexity index is 846. The standard InChI is InChI=1S/C14H12Cl2N4O2/c1-3-20-7-8(4-10(16)14(20)22)18-13(21)11-5-9(15)12(6-17)19(11)2/h4-5,7H,3H2,1-2H3,(H,18,21). The summed E-state index contributed by atoms with van der Waals surface area (Å²) < 4.78 is 2.78. The number of halogens is 2. The molecule has 2 rings (SSSR count). The Hall–Kier alpha value is -2.23. The molecule has 0 unspecified atom stereocenters. The second-order valence-corrected chi connectivity index (χ2v) is 5.33. The van der Waals surface area contributed by atoms with Crippen LogP contribution >= 0.6 is 23.2 Å². The lowest BCUT2D eigenvalue weighted by molar-refractivity contribution is 0.101. The van der Waals surface area contributed by atoms with E-state index in [0.717, 1.165) is 0 Å². The topological polar surface area (TPSA) is 79.8 Å². The van der Waals surface area contributed by atoms with Gasteiger partial charge in [0.2, 0.25) is 0 Å². The van der Waals surface area contributed by atoms with E-state index in [1.165, 1.54) is 27.5 Å². The van der Waals surface area contributed by atoms with E-state index >= 15 is 0 Å². The molecule has 22 heavy (non-hydrogen) atoms. The van der Waals surface area contributed by atoms with Crippen molar-refractivity contribution in [1.29, 1.82) is 5.26 Å². The molecule has 114 valence electrons. The maximum atomic E-state index is 12.3. The quantitative estimate of drug-likeness (QED) is 0.934. The zero-order valence-corrected chi connectivity index (χ0v) is 13.4. The van der Waals surface area contributed by atoms with Gasteiger partial charge in [-0.05, 0) is 19.1 Å². The highest BCUT2D eigenvalue weighted by molar-refractivity contribution is 6.32. The smallest absolute Gasteiger partial charge is 0.272 e. The molecule has 0 atom stereocenters. The number of anilines is 1. The van der Waals surface area contributed by atoms with E-state index in [0.29, 0.717) is 12.2 Å². The van der Waals surface area contributed by atoms with Crippen molar-refractivity contribution in [2.45, 2.75) is 13.5 Å². The van der Waals surface area contributed by atoms with E-state index in [2.05, 4.69) is 5.32 Å². The minimum atomic E-state index is -0.455. The number of aromatic nitrogens is 2. The lowest BCUT2D eigenvalue weighted by atomic mass is 10.3. The van der Waals surface area contributed by atoms with Crippen LogP contribution in [0.15, 0.2) is 23.1 Å². The summed E-state index contributed by atoms with van der Waals surface area (Å²) in [4.78, 5) is 24.0. The first-order valence-electron chi connectivity index (χ1n) is 6.35. The van der Waals surface area contributed by atoms with Crippen LogP contribution in [-0.4, -0.2) is 15.0 Å². The molecule has 0 radical (unpaired) electrons. The van der Waals surface area contributed by atoms with Gasteiger partial charge in [-0.15, -0.1) is 0 Å². The Morgan fingerprint density at radius 1 is 1.36 bits per heavy atom. The minimum Gasteiger partial charge on any atom is -0.330 e. The van der Waals surface area contributed by atoms with Gasteiger partial charge < -0.3 is 14.5 Å². The molecule has 0 aliphatic rings. The maximum absolute atomic E-state index is 12.3. The van der Waals surface area contributed by atoms with Crippen LogP contribution in [0.4, 0.5) is 5.69 Å². The molecule has 2 aromatic rings. The summed E-state index contributed by atoms with van der Waals surface area (Å²) in [7, 11) is 1.57. The molecule has 0 saturated carbocycles. The summed E-state index contributed by atoms with van der Waals surface area (Å²) in [6.07, 6.45) is 1.50. The first-order valence-corrected chi connectivity index (χ1v) is 7.11. The van der Waals surface area contributed by atoms with Crippen LogP contribution in [-0.2, 0) is 13.6 Å². The van der Waals surface area contributed by atoms with Gasteiger partial charge in [-0.2, -0.15) is 5.26 Å². The fraction of sp³-hybridized carbons (Fsp3) is 0.214. The first kappa shape index (κ1) is 16.1. The van der Waals surface area contributed by atoms with Gasteiger partial charge in [0.05, 0.1) is 10.7 Å². The van der Waals surface area contributed by atoms with Gasteiger partial charge in [0.1, 0.15) is 22.5 Å². The predicted octanol–water partition coefficient (Wildman–Crippen LogP) is 2.64. The summed E-state index contributed by atoms with van der Waals surface area (Å²) in [5.41, 5.74) is 0.485. The third-order valence-corrected chi connectivity index (χ3v) is 3.72. The number of amides is 1. The van der Waals surface area contributed by atoms with E-state index in [1.807, 2.05) is 6.07 Å². The number of rotatable bonds is 3. The van der Waals surface area contributed by atoms with Crippen LogP contribution in [0.1, 0.15) is 23.1 Å². The van der Waals surface area contributed by atoms with Crippen LogP contribution in [0.3, 0.4) is 0 Å². The summed E-state index contributed by atoms with van der Waals surface area (Å²) in [5.74, 6) is -0.455. The van der Waals surface area contributed by atoms with Crippen molar-refractivity contribution in [3.8, 4) is 6.07 Å². The fourth-order valence-corrected chi connectivity index (χ4v) is 2.51. The van der Waals surface area contributed by atoms with E-state index in [-0.39, 0.29) is 27.0 Å². The molecule has 1 N–H and O–H groups in total. The normalized spacial score (nSPS) is 10.3. The highest BCUT2D eigenvalue weighted by Gasteiger charge is 2.17. The number of aryl methyl sites for hydroxylation is 1. The molecule has 0 aromatic carbocycles. The molecular weight excluding hydrogens is 327 g/mol. The van der Waals surface area contributed by atoms with E-state index in [1.54, 1.807) is 14.0 Å². The molecule has 0 spiro atoms. The summed E-state index contributed by atoms with van der Waals surface area (Å²) in [6, 6.07) is 4.71. The number of hydrogen-bond donors (Lipinski definition) is 1. The molecule has 1 amide bonds. The number of carbonyl (C=O) groups excluding carboxylic acids is 1. The van der Waals surface area contributed by atoms with E-state index in [4.69, 9.17) is 28.5 Å². The third-order valence-electron chi connectivity index (χ3n) is 3.17. The number of nitrogens with zero attached hydrogens (tertiary/aromatic N) is 3. The Balaban J connectivity index is 2.36. The molecule has 8 heteroatoms. The monoisotopic (exact) mass is 338 g/mol. The van der Waals surface area contributed by atoms with Crippen molar-refractivity contribution in [1.82, 2.24) is 9.13 Å². The summed E-state index contributed by atoms with van der Waals surface area (Å²) in [5, 5.41) is 11.8. The highest BCUT2D eigenvalue weighted by atomic mass is 35.5. The van der Waals surface area contributed by atoms with Crippen molar-refractivity contribution in [2.75, 3.05) is 5.32 Å². The maximum Gasteiger partial charge on any atom is 0.272 e. The number of pyridine rings is 1. The zero-order chi connectivity index (χ0) is 16.4. The lowest BCUT2D eigenvalue weighted by Gasteiger charge is -2.09. The third kappa shape index (κ3) is 2.86. The van der Waals surface area contributed by atoms with E-state index in [9.17, 15) is 9.59 Å². The minimum absolute atomic E-state index is 0.0160. The van der Waals surface area contributed by atoms with Crippen LogP contribution in [0.2, 0.25) is 10.0 Å². The van der Waals surface area contributed by atoms with Crippen molar-refractivity contribution in [3.63, 3.8) is 0 Å². The molecule has 0 fully saturated rings. The average molecular weight is 339 g/mol. The van der Waals surface area contributed by atoms with Crippen LogP contribution < -0.4 is 10.9 Å². The molecule has 6 nitrogen and oxygen atoms in total. The molecule has 0 saturated heterocycles.